The first kappa shape index (κ1) is 20.4. The minimum absolute atomic E-state index is 0.312. The maximum Gasteiger partial charge on any atom is 0.228 e. The van der Waals surface area contributed by atoms with E-state index in [4.69, 9.17) is 4.74 Å². The van der Waals surface area contributed by atoms with Crippen LogP contribution in [0.4, 0.5) is 22.0 Å². The largest absolute Gasteiger partial charge is 0.438 e. The highest BCUT2D eigenvalue weighted by molar-refractivity contribution is 5.78. The number of hydrogen-bond donors (Lipinski definition) is 3. The van der Waals surface area contributed by atoms with Gasteiger partial charge in [0.25, 0.3) is 0 Å². The Morgan fingerprint density at radius 1 is 0.970 bits per heavy atom. The fraction of sp³-hybridized carbons (Fsp3) is 0.0833. The van der Waals surface area contributed by atoms with Crippen molar-refractivity contribution in [3.05, 3.63) is 78.4 Å². The van der Waals surface area contributed by atoms with Gasteiger partial charge in [0.2, 0.25) is 17.8 Å². The smallest absolute Gasteiger partial charge is 0.228 e. The zero-order chi connectivity index (χ0) is 22.8. The third-order valence-corrected chi connectivity index (χ3v) is 5.01. The molecule has 0 saturated carbocycles. The number of aromatic nitrogens is 5. The lowest BCUT2D eigenvalue weighted by atomic mass is 10.2. The lowest BCUT2D eigenvalue weighted by Gasteiger charge is -2.13. The molecule has 0 aliphatic heterocycles. The predicted molar refractivity (Wildman–Crippen MR) is 125 cm³/mol. The minimum atomic E-state index is -0.312. The van der Waals surface area contributed by atoms with Crippen molar-refractivity contribution in [2.45, 2.75) is 6.92 Å². The van der Waals surface area contributed by atoms with Crippen LogP contribution >= 0.6 is 0 Å². The van der Waals surface area contributed by atoms with Crippen molar-refractivity contribution in [1.29, 1.82) is 0 Å². The average molecular weight is 441 g/mol. The average Bonchev–Trinajstić information content (AvgIpc) is 3.22. The number of hydrogen-bond acceptors (Lipinski definition) is 7. The summed E-state index contributed by atoms with van der Waals surface area (Å²) in [4.78, 5) is 20.6. The summed E-state index contributed by atoms with van der Waals surface area (Å²) in [5, 5.41) is 6.15. The van der Waals surface area contributed by atoms with E-state index in [1.807, 2.05) is 43.3 Å². The van der Waals surface area contributed by atoms with Crippen LogP contribution in [0, 0.1) is 12.7 Å². The van der Waals surface area contributed by atoms with E-state index in [1.165, 1.54) is 12.1 Å². The molecule has 0 aliphatic rings. The number of benzene rings is 2. The van der Waals surface area contributed by atoms with Gasteiger partial charge in [0, 0.05) is 25.1 Å². The second-order valence-electron chi connectivity index (χ2n) is 7.33. The summed E-state index contributed by atoms with van der Waals surface area (Å²) >= 11 is 0. The van der Waals surface area contributed by atoms with Crippen LogP contribution in [-0.4, -0.2) is 32.0 Å². The summed E-state index contributed by atoms with van der Waals surface area (Å²) in [6.45, 7) is 1.95. The Bertz CT molecular complexity index is 1450. The van der Waals surface area contributed by atoms with E-state index in [1.54, 1.807) is 25.5 Å². The van der Waals surface area contributed by atoms with E-state index in [0.717, 1.165) is 16.8 Å². The molecule has 0 atom stereocenters. The summed E-state index contributed by atoms with van der Waals surface area (Å²) in [7, 11) is 1.77. The summed E-state index contributed by atoms with van der Waals surface area (Å²) in [6, 6.07) is 15.7. The van der Waals surface area contributed by atoms with Crippen molar-refractivity contribution in [1.82, 2.24) is 24.9 Å². The number of ether oxygens (including phenoxy) is 1. The lowest BCUT2D eigenvalue weighted by molar-refractivity contribution is 0.461. The number of nitrogens with zero attached hydrogens (tertiary/aromatic N) is 4. The van der Waals surface area contributed by atoms with E-state index >= 15 is 0 Å². The minimum Gasteiger partial charge on any atom is -0.438 e. The zero-order valence-corrected chi connectivity index (χ0v) is 17.9. The molecule has 0 fully saturated rings. The Balaban J connectivity index is 1.39. The SMILES string of the molecule is CNc1nccc(-c2cccnc2Oc2ccc(Nc3nc4ccc(F)cc4[nH]3)cc2C)n1. The van der Waals surface area contributed by atoms with E-state index < -0.39 is 0 Å². The molecule has 0 saturated heterocycles. The number of aromatic amines is 1. The summed E-state index contributed by atoms with van der Waals surface area (Å²) in [6.07, 6.45) is 3.36. The Morgan fingerprint density at radius 2 is 1.88 bits per heavy atom. The molecule has 0 aliphatic carbocycles. The highest BCUT2D eigenvalue weighted by Gasteiger charge is 2.13. The molecule has 2 aromatic carbocycles. The Hall–Kier alpha value is -4.53. The van der Waals surface area contributed by atoms with Gasteiger partial charge in [0.05, 0.1) is 22.3 Å². The van der Waals surface area contributed by atoms with Crippen LogP contribution in [0.1, 0.15) is 5.56 Å². The van der Waals surface area contributed by atoms with E-state index in [2.05, 4.69) is 35.6 Å². The molecular formula is C24H20FN7O. The van der Waals surface area contributed by atoms with Crippen LogP contribution < -0.4 is 15.4 Å². The maximum atomic E-state index is 13.4. The molecule has 0 unspecified atom stereocenters. The van der Waals surface area contributed by atoms with Gasteiger partial charge in [-0.05, 0) is 67.1 Å². The molecule has 0 spiro atoms. The molecule has 3 aromatic heterocycles. The monoisotopic (exact) mass is 441 g/mol. The quantitative estimate of drug-likeness (QED) is 0.323. The third kappa shape index (κ3) is 4.29. The Labute approximate surface area is 188 Å². The summed E-state index contributed by atoms with van der Waals surface area (Å²) in [5.74, 6) is 1.84. The lowest BCUT2D eigenvalue weighted by Crippen LogP contribution is -1.99. The second kappa shape index (κ2) is 8.54. The van der Waals surface area contributed by atoms with Gasteiger partial charge in [-0.2, -0.15) is 0 Å². The number of aryl methyl sites for hydroxylation is 1. The van der Waals surface area contributed by atoms with Crippen LogP contribution in [0.25, 0.3) is 22.3 Å². The van der Waals surface area contributed by atoms with Gasteiger partial charge in [-0.25, -0.2) is 24.3 Å². The molecule has 0 radical (unpaired) electrons. The molecular weight excluding hydrogens is 421 g/mol. The number of halogens is 1. The van der Waals surface area contributed by atoms with Crippen LogP contribution in [0.3, 0.4) is 0 Å². The van der Waals surface area contributed by atoms with E-state index in [9.17, 15) is 4.39 Å². The zero-order valence-electron chi connectivity index (χ0n) is 17.9. The molecule has 164 valence electrons. The number of rotatable bonds is 6. The molecule has 3 heterocycles. The van der Waals surface area contributed by atoms with Gasteiger partial charge in [0.15, 0.2) is 0 Å². The second-order valence-corrected chi connectivity index (χ2v) is 7.33. The molecule has 33 heavy (non-hydrogen) atoms. The van der Waals surface area contributed by atoms with Crippen LogP contribution in [0.2, 0.25) is 0 Å². The third-order valence-electron chi connectivity index (χ3n) is 5.01. The van der Waals surface area contributed by atoms with Crippen molar-refractivity contribution in [2.24, 2.45) is 0 Å². The highest BCUT2D eigenvalue weighted by Crippen LogP contribution is 2.33. The fourth-order valence-electron chi connectivity index (χ4n) is 3.42. The van der Waals surface area contributed by atoms with E-state index in [0.29, 0.717) is 40.3 Å². The van der Waals surface area contributed by atoms with Crippen molar-refractivity contribution in [3.8, 4) is 22.9 Å². The van der Waals surface area contributed by atoms with Gasteiger partial charge in [0.1, 0.15) is 11.6 Å². The maximum absolute atomic E-state index is 13.4. The van der Waals surface area contributed by atoms with Crippen molar-refractivity contribution >= 4 is 28.6 Å². The Kier molecular flexibility index (Phi) is 5.27. The van der Waals surface area contributed by atoms with Gasteiger partial charge in [-0.3, -0.25) is 0 Å². The standard InChI is InChI=1S/C24H20FN7O/c1-14-12-16(29-24-31-19-7-5-15(25)13-20(19)32-24)6-8-21(14)33-22-17(4-3-10-27-22)18-9-11-28-23(26-2)30-18/h3-13H,1-2H3,(H,26,28,30)(H2,29,31,32). The van der Waals surface area contributed by atoms with Crippen molar-refractivity contribution in [3.63, 3.8) is 0 Å². The number of imidazole rings is 1. The molecule has 9 heteroatoms. The van der Waals surface area contributed by atoms with Crippen LogP contribution in [-0.2, 0) is 0 Å². The summed E-state index contributed by atoms with van der Waals surface area (Å²) in [5.41, 5.74) is 4.49. The van der Waals surface area contributed by atoms with Gasteiger partial charge >= 0.3 is 0 Å². The molecule has 8 nitrogen and oxygen atoms in total. The molecule has 3 N–H and O–H groups in total. The topological polar surface area (TPSA) is 101 Å². The number of nitrogens with one attached hydrogen (secondary N) is 3. The van der Waals surface area contributed by atoms with Crippen molar-refractivity contribution in [2.75, 3.05) is 17.7 Å². The normalized spacial score (nSPS) is 10.9. The highest BCUT2D eigenvalue weighted by atomic mass is 19.1. The summed E-state index contributed by atoms with van der Waals surface area (Å²) < 4.78 is 19.6. The number of fused-ring (bicyclic) bond motifs is 1. The Morgan fingerprint density at radius 3 is 2.73 bits per heavy atom. The number of pyridine rings is 1. The molecule has 0 amide bonds. The van der Waals surface area contributed by atoms with Crippen molar-refractivity contribution < 1.29 is 9.13 Å². The van der Waals surface area contributed by atoms with Gasteiger partial charge in [-0.1, -0.05) is 0 Å². The first-order chi connectivity index (χ1) is 16.1. The first-order valence-electron chi connectivity index (χ1n) is 10.3. The first-order valence-corrected chi connectivity index (χ1v) is 10.3. The fourth-order valence-corrected chi connectivity index (χ4v) is 3.42. The number of anilines is 3. The van der Waals surface area contributed by atoms with Gasteiger partial charge in [-0.15, -0.1) is 0 Å². The van der Waals surface area contributed by atoms with Crippen LogP contribution in [0.5, 0.6) is 11.6 Å². The molecule has 5 aromatic rings. The molecule has 5 rings (SSSR count). The van der Waals surface area contributed by atoms with E-state index in [-0.39, 0.29) is 5.82 Å². The predicted octanol–water partition coefficient (Wildman–Crippen LogP) is 5.44. The van der Waals surface area contributed by atoms with Gasteiger partial charge < -0.3 is 20.4 Å². The van der Waals surface area contributed by atoms with Crippen LogP contribution in [0.15, 0.2) is 67.0 Å². The molecule has 0 bridgehead atoms. The number of H-pyrrole nitrogens is 1.